The minimum Gasteiger partial charge on any atom is -0.356 e. The highest BCUT2D eigenvalue weighted by atomic mass is 16.2. The largest absolute Gasteiger partial charge is 0.356 e. The first kappa shape index (κ1) is 21.6. The summed E-state index contributed by atoms with van der Waals surface area (Å²) in [5.74, 6) is 1.69. The molecule has 1 aromatic carbocycles. The number of carbonyl (C=O) groups is 1. The summed E-state index contributed by atoms with van der Waals surface area (Å²) in [6, 6.07) is 8.71. The van der Waals surface area contributed by atoms with Crippen LogP contribution in [0.4, 0.5) is 0 Å². The van der Waals surface area contributed by atoms with Crippen molar-refractivity contribution in [1.82, 2.24) is 20.0 Å². The van der Waals surface area contributed by atoms with Gasteiger partial charge < -0.3 is 15.1 Å². The van der Waals surface area contributed by atoms with Gasteiger partial charge in [-0.15, -0.1) is 0 Å². The summed E-state index contributed by atoms with van der Waals surface area (Å²) in [5, 5.41) is 3.55. The standard InChI is InChI=1S/C23H37N5O/c1-19-8-7-9-21(16-19)20(2)17-25-23(24-3)28-14-12-26(13-15-28)18-22(29)27-10-5-4-6-11-27/h7-9,16,20H,4-6,10-15,17-18H2,1-3H3,(H,24,25). The third kappa shape index (κ3) is 6.20. The molecule has 1 aromatic rings. The van der Waals surface area contributed by atoms with E-state index in [1.165, 1.54) is 17.5 Å². The van der Waals surface area contributed by atoms with Crippen LogP contribution in [0.5, 0.6) is 0 Å². The third-order valence-electron chi connectivity index (χ3n) is 6.13. The van der Waals surface area contributed by atoms with Crippen LogP contribution in [0, 0.1) is 6.92 Å². The Morgan fingerprint density at radius 3 is 2.45 bits per heavy atom. The average Bonchev–Trinajstić information content (AvgIpc) is 2.75. The number of nitrogens with zero attached hydrogens (tertiary/aromatic N) is 4. The number of likely N-dealkylation sites (tertiary alicyclic amines) is 1. The fourth-order valence-corrected chi connectivity index (χ4v) is 4.22. The fraction of sp³-hybridized carbons (Fsp3) is 0.652. The van der Waals surface area contributed by atoms with Crippen molar-refractivity contribution in [2.45, 2.75) is 39.0 Å². The Morgan fingerprint density at radius 1 is 1.07 bits per heavy atom. The lowest BCUT2D eigenvalue weighted by atomic mass is 9.99. The second-order valence-electron chi connectivity index (χ2n) is 8.45. The molecule has 3 rings (SSSR count). The van der Waals surface area contributed by atoms with Gasteiger partial charge in [0.25, 0.3) is 0 Å². The molecule has 0 spiro atoms. The van der Waals surface area contributed by atoms with Crippen molar-refractivity contribution >= 4 is 11.9 Å². The van der Waals surface area contributed by atoms with Crippen molar-refractivity contribution in [2.75, 3.05) is 59.4 Å². The topological polar surface area (TPSA) is 51.2 Å². The summed E-state index contributed by atoms with van der Waals surface area (Å²) in [6.07, 6.45) is 3.57. The van der Waals surface area contributed by atoms with Gasteiger partial charge in [-0.1, -0.05) is 36.8 Å². The number of guanidine groups is 1. The van der Waals surface area contributed by atoms with Crippen LogP contribution in [0.2, 0.25) is 0 Å². The first-order valence-corrected chi connectivity index (χ1v) is 11.1. The molecule has 1 atom stereocenters. The van der Waals surface area contributed by atoms with Crippen LogP contribution in [0.1, 0.15) is 43.2 Å². The molecule has 0 aromatic heterocycles. The van der Waals surface area contributed by atoms with Crippen LogP contribution < -0.4 is 5.32 Å². The number of nitrogens with one attached hydrogen (secondary N) is 1. The summed E-state index contributed by atoms with van der Waals surface area (Å²) in [6.45, 7) is 11.3. The second kappa shape index (κ2) is 10.6. The van der Waals surface area contributed by atoms with Gasteiger partial charge in [0.1, 0.15) is 0 Å². The van der Waals surface area contributed by atoms with E-state index in [1.54, 1.807) is 0 Å². The van der Waals surface area contributed by atoms with E-state index >= 15 is 0 Å². The molecule has 1 unspecified atom stereocenters. The Labute approximate surface area is 176 Å². The Bertz CT molecular complexity index is 690. The van der Waals surface area contributed by atoms with Gasteiger partial charge in [0.2, 0.25) is 5.91 Å². The maximum Gasteiger partial charge on any atom is 0.236 e. The van der Waals surface area contributed by atoms with Crippen LogP contribution in [-0.2, 0) is 4.79 Å². The molecule has 6 nitrogen and oxygen atoms in total. The van der Waals surface area contributed by atoms with Crippen molar-refractivity contribution in [3.05, 3.63) is 35.4 Å². The number of rotatable bonds is 5. The molecule has 0 saturated carbocycles. The van der Waals surface area contributed by atoms with E-state index in [1.807, 2.05) is 11.9 Å². The van der Waals surface area contributed by atoms with Crippen LogP contribution in [-0.4, -0.2) is 86.0 Å². The molecule has 29 heavy (non-hydrogen) atoms. The van der Waals surface area contributed by atoms with E-state index < -0.39 is 0 Å². The smallest absolute Gasteiger partial charge is 0.236 e. The normalized spacial score (nSPS) is 19.9. The molecule has 160 valence electrons. The van der Waals surface area contributed by atoms with E-state index in [4.69, 9.17) is 0 Å². The number of hydrogen-bond acceptors (Lipinski definition) is 3. The SMILES string of the molecule is CN=C(NCC(C)c1cccc(C)c1)N1CCN(CC(=O)N2CCCCC2)CC1. The highest BCUT2D eigenvalue weighted by Crippen LogP contribution is 2.16. The van der Waals surface area contributed by atoms with Gasteiger partial charge >= 0.3 is 0 Å². The Balaban J connectivity index is 1.43. The average molecular weight is 400 g/mol. The molecule has 0 radical (unpaired) electrons. The number of piperidine rings is 1. The zero-order valence-corrected chi connectivity index (χ0v) is 18.4. The summed E-state index contributed by atoms with van der Waals surface area (Å²) in [5.41, 5.74) is 2.66. The highest BCUT2D eigenvalue weighted by Gasteiger charge is 2.24. The maximum absolute atomic E-state index is 12.5. The van der Waals surface area contributed by atoms with E-state index in [-0.39, 0.29) is 0 Å². The highest BCUT2D eigenvalue weighted by molar-refractivity contribution is 5.80. The van der Waals surface area contributed by atoms with Crippen molar-refractivity contribution in [2.24, 2.45) is 4.99 Å². The third-order valence-corrected chi connectivity index (χ3v) is 6.13. The van der Waals surface area contributed by atoms with Crippen molar-refractivity contribution in [3.8, 4) is 0 Å². The number of hydrogen-bond donors (Lipinski definition) is 1. The number of aryl methyl sites for hydroxylation is 1. The molecule has 6 heteroatoms. The summed E-state index contributed by atoms with van der Waals surface area (Å²) in [7, 11) is 1.85. The number of piperazine rings is 1. The lowest BCUT2D eigenvalue weighted by Gasteiger charge is -2.37. The number of aliphatic imine (C=N–C) groups is 1. The molecule has 2 fully saturated rings. The molecule has 1 amide bonds. The van der Waals surface area contributed by atoms with E-state index in [9.17, 15) is 4.79 Å². The van der Waals surface area contributed by atoms with E-state index in [0.29, 0.717) is 18.4 Å². The lowest BCUT2D eigenvalue weighted by Crippen LogP contribution is -2.54. The first-order chi connectivity index (χ1) is 14.1. The van der Waals surface area contributed by atoms with E-state index in [0.717, 1.165) is 64.6 Å². The Hall–Kier alpha value is -2.08. The molecular formula is C23H37N5O. The fourth-order valence-electron chi connectivity index (χ4n) is 4.22. The Morgan fingerprint density at radius 2 is 1.79 bits per heavy atom. The Kier molecular flexibility index (Phi) is 7.92. The molecule has 0 bridgehead atoms. The molecule has 2 aliphatic rings. The van der Waals surface area contributed by atoms with Gasteiger partial charge in [-0.3, -0.25) is 14.7 Å². The monoisotopic (exact) mass is 399 g/mol. The van der Waals surface area contributed by atoms with Crippen LogP contribution in [0.3, 0.4) is 0 Å². The van der Waals surface area contributed by atoms with Gasteiger partial charge in [-0.2, -0.15) is 0 Å². The summed E-state index contributed by atoms with van der Waals surface area (Å²) < 4.78 is 0. The number of benzene rings is 1. The molecule has 2 saturated heterocycles. The minimum absolute atomic E-state index is 0.299. The van der Waals surface area contributed by atoms with Gasteiger partial charge in [-0.05, 0) is 37.7 Å². The minimum atomic E-state index is 0.299. The molecular weight excluding hydrogens is 362 g/mol. The summed E-state index contributed by atoms with van der Waals surface area (Å²) in [4.78, 5) is 23.6. The van der Waals surface area contributed by atoms with Gasteiger partial charge in [0.05, 0.1) is 6.54 Å². The lowest BCUT2D eigenvalue weighted by molar-refractivity contribution is -0.133. The van der Waals surface area contributed by atoms with Crippen LogP contribution in [0.15, 0.2) is 29.3 Å². The predicted octanol–water partition coefficient (Wildman–Crippen LogP) is 2.30. The number of amides is 1. The summed E-state index contributed by atoms with van der Waals surface area (Å²) >= 11 is 0. The maximum atomic E-state index is 12.5. The zero-order chi connectivity index (χ0) is 20.6. The molecule has 2 aliphatic heterocycles. The van der Waals surface area contributed by atoms with Gasteiger partial charge in [0, 0.05) is 52.9 Å². The molecule has 2 heterocycles. The molecule has 1 N–H and O–H groups in total. The predicted molar refractivity (Wildman–Crippen MR) is 119 cm³/mol. The van der Waals surface area contributed by atoms with Gasteiger partial charge in [0.15, 0.2) is 5.96 Å². The zero-order valence-electron chi connectivity index (χ0n) is 18.4. The van der Waals surface area contributed by atoms with Crippen molar-refractivity contribution < 1.29 is 4.79 Å². The van der Waals surface area contributed by atoms with Crippen molar-refractivity contribution in [1.29, 1.82) is 0 Å². The molecule has 0 aliphatic carbocycles. The quantitative estimate of drug-likeness (QED) is 0.610. The number of carbonyl (C=O) groups excluding carboxylic acids is 1. The van der Waals surface area contributed by atoms with Crippen LogP contribution >= 0.6 is 0 Å². The van der Waals surface area contributed by atoms with Crippen LogP contribution in [0.25, 0.3) is 0 Å². The first-order valence-electron chi connectivity index (χ1n) is 11.1. The second-order valence-corrected chi connectivity index (χ2v) is 8.45. The van der Waals surface area contributed by atoms with Gasteiger partial charge in [-0.25, -0.2) is 0 Å². The van der Waals surface area contributed by atoms with E-state index in [2.05, 4.69) is 58.2 Å². The van der Waals surface area contributed by atoms with Crippen molar-refractivity contribution in [3.63, 3.8) is 0 Å².